The summed E-state index contributed by atoms with van der Waals surface area (Å²) in [6, 6.07) is 11.6. The van der Waals surface area contributed by atoms with Gasteiger partial charge in [-0.25, -0.2) is 8.42 Å². The molecule has 0 radical (unpaired) electrons. The maximum absolute atomic E-state index is 12.5. The normalized spacial score (nSPS) is 11.9. The second-order valence-electron chi connectivity index (χ2n) is 7.15. The smallest absolute Gasteiger partial charge is 0.261 e. The predicted molar refractivity (Wildman–Crippen MR) is 101 cm³/mol. The maximum atomic E-state index is 12.5. The maximum Gasteiger partial charge on any atom is 0.261 e. The molecule has 0 saturated heterocycles. The lowest BCUT2D eigenvalue weighted by Gasteiger charge is -2.18. The quantitative estimate of drug-likeness (QED) is 0.862. The molecular weight excluding hydrogens is 336 g/mol. The Balaban J connectivity index is 2.19. The number of hydrogen-bond acceptors (Lipinski definition) is 3. The van der Waals surface area contributed by atoms with Crippen LogP contribution < -0.4 is 10.0 Å². The first-order chi connectivity index (χ1) is 11.5. The SMILES string of the molecule is Cc1ccc(NS(=O)(=O)c2ccc(NC(=O)C(C)(C)C)cc2)c(C)c1. The summed E-state index contributed by atoms with van der Waals surface area (Å²) in [5.41, 5.74) is 2.52. The van der Waals surface area contributed by atoms with Gasteiger partial charge >= 0.3 is 0 Å². The van der Waals surface area contributed by atoms with Crippen LogP contribution in [-0.4, -0.2) is 14.3 Å². The van der Waals surface area contributed by atoms with Crippen molar-refractivity contribution in [2.75, 3.05) is 10.0 Å². The number of hydrogen-bond donors (Lipinski definition) is 2. The molecule has 2 rings (SSSR count). The summed E-state index contributed by atoms with van der Waals surface area (Å²) in [6.07, 6.45) is 0. The molecular formula is C19H24N2O3S. The molecule has 2 aromatic carbocycles. The number of benzene rings is 2. The van der Waals surface area contributed by atoms with Gasteiger partial charge in [-0.05, 0) is 49.7 Å². The highest BCUT2D eigenvalue weighted by Gasteiger charge is 2.21. The van der Waals surface area contributed by atoms with Crippen LogP contribution in [0.5, 0.6) is 0 Å². The van der Waals surface area contributed by atoms with Crippen LogP contribution in [-0.2, 0) is 14.8 Å². The molecule has 0 saturated carbocycles. The van der Waals surface area contributed by atoms with Gasteiger partial charge in [0, 0.05) is 11.1 Å². The molecule has 5 nitrogen and oxygen atoms in total. The Morgan fingerprint density at radius 1 is 0.960 bits per heavy atom. The molecule has 0 bridgehead atoms. The second kappa shape index (κ2) is 6.88. The number of aryl methyl sites for hydroxylation is 2. The lowest BCUT2D eigenvalue weighted by Crippen LogP contribution is -2.27. The van der Waals surface area contributed by atoms with Crippen LogP contribution in [0.2, 0.25) is 0 Å². The molecule has 2 aromatic rings. The Bertz CT molecular complexity index is 880. The number of nitrogens with one attached hydrogen (secondary N) is 2. The minimum absolute atomic E-state index is 0.128. The summed E-state index contributed by atoms with van der Waals surface area (Å²) in [7, 11) is -3.69. The molecule has 0 aliphatic heterocycles. The fourth-order valence-electron chi connectivity index (χ4n) is 2.17. The van der Waals surface area contributed by atoms with Gasteiger partial charge in [-0.3, -0.25) is 9.52 Å². The first-order valence-corrected chi connectivity index (χ1v) is 9.49. The molecule has 0 aliphatic rings. The first-order valence-electron chi connectivity index (χ1n) is 8.01. The number of carbonyl (C=O) groups excluding carboxylic acids is 1. The minimum Gasteiger partial charge on any atom is -0.326 e. The van der Waals surface area contributed by atoms with Crippen molar-refractivity contribution in [1.29, 1.82) is 0 Å². The van der Waals surface area contributed by atoms with E-state index in [9.17, 15) is 13.2 Å². The Morgan fingerprint density at radius 3 is 2.08 bits per heavy atom. The van der Waals surface area contributed by atoms with Gasteiger partial charge in [0.15, 0.2) is 0 Å². The van der Waals surface area contributed by atoms with E-state index >= 15 is 0 Å². The predicted octanol–water partition coefficient (Wildman–Crippen LogP) is 4.09. The molecule has 0 aliphatic carbocycles. The van der Waals surface area contributed by atoms with Gasteiger partial charge in [-0.1, -0.05) is 38.5 Å². The topological polar surface area (TPSA) is 75.3 Å². The van der Waals surface area contributed by atoms with Crippen LogP contribution >= 0.6 is 0 Å². The molecule has 6 heteroatoms. The van der Waals surface area contributed by atoms with Gasteiger partial charge in [0.05, 0.1) is 10.6 Å². The number of anilines is 2. The monoisotopic (exact) mass is 360 g/mol. The molecule has 1 amide bonds. The first kappa shape index (κ1) is 19.0. The van der Waals surface area contributed by atoms with E-state index in [-0.39, 0.29) is 10.8 Å². The average molecular weight is 360 g/mol. The molecule has 0 atom stereocenters. The van der Waals surface area contributed by atoms with Gasteiger partial charge in [-0.2, -0.15) is 0 Å². The van der Waals surface area contributed by atoms with Crippen LogP contribution in [0.1, 0.15) is 31.9 Å². The van der Waals surface area contributed by atoms with Crippen molar-refractivity contribution in [3.8, 4) is 0 Å². The van der Waals surface area contributed by atoms with E-state index in [2.05, 4.69) is 10.0 Å². The Morgan fingerprint density at radius 2 is 1.56 bits per heavy atom. The van der Waals surface area contributed by atoms with Crippen LogP contribution in [0.15, 0.2) is 47.4 Å². The van der Waals surface area contributed by atoms with E-state index in [4.69, 9.17) is 0 Å². The number of rotatable bonds is 4. The third-order valence-electron chi connectivity index (χ3n) is 3.73. The fourth-order valence-corrected chi connectivity index (χ4v) is 3.30. The summed E-state index contributed by atoms with van der Waals surface area (Å²) in [6.45, 7) is 9.25. The zero-order chi connectivity index (χ0) is 18.8. The summed E-state index contributed by atoms with van der Waals surface area (Å²) in [5.74, 6) is -0.128. The van der Waals surface area contributed by atoms with Gasteiger partial charge < -0.3 is 5.32 Å². The highest BCUT2D eigenvalue weighted by Crippen LogP contribution is 2.23. The molecule has 0 unspecified atom stereocenters. The van der Waals surface area contributed by atoms with E-state index in [0.717, 1.165) is 11.1 Å². The van der Waals surface area contributed by atoms with Crippen LogP contribution in [0.25, 0.3) is 0 Å². The van der Waals surface area contributed by atoms with Gasteiger partial charge in [0.25, 0.3) is 10.0 Å². The molecule has 0 spiro atoms. The molecule has 0 fully saturated rings. The average Bonchev–Trinajstić information content (AvgIpc) is 2.49. The largest absolute Gasteiger partial charge is 0.326 e. The van der Waals surface area contributed by atoms with Crippen molar-refractivity contribution in [3.05, 3.63) is 53.6 Å². The molecule has 0 heterocycles. The van der Waals surface area contributed by atoms with Crippen molar-refractivity contribution in [3.63, 3.8) is 0 Å². The zero-order valence-corrected chi connectivity index (χ0v) is 16.0. The van der Waals surface area contributed by atoms with Crippen molar-refractivity contribution in [1.82, 2.24) is 0 Å². The molecule has 25 heavy (non-hydrogen) atoms. The van der Waals surface area contributed by atoms with Crippen molar-refractivity contribution < 1.29 is 13.2 Å². The van der Waals surface area contributed by atoms with Crippen LogP contribution in [0.4, 0.5) is 11.4 Å². The Labute approximate surface area is 149 Å². The highest BCUT2D eigenvalue weighted by atomic mass is 32.2. The number of carbonyl (C=O) groups is 1. The second-order valence-corrected chi connectivity index (χ2v) is 8.83. The standard InChI is InChI=1S/C19H24N2O3S/c1-13-6-11-17(14(2)12-13)21-25(23,24)16-9-7-15(8-10-16)20-18(22)19(3,4)5/h6-12,21H,1-5H3,(H,20,22). The van der Waals surface area contributed by atoms with Crippen molar-refractivity contribution in [2.45, 2.75) is 39.5 Å². The molecule has 2 N–H and O–H groups in total. The summed E-state index contributed by atoms with van der Waals surface area (Å²) in [5, 5.41) is 2.77. The third-order valence-corrected chi connectivity index (χ3v) is 5.11. The third kappa shape index (κ3) is 4.82. The van der Waals surface area contributed by atoms with Crippen LogP contribution in [0.3, 0.4) is 0 Å². The van der Waals surface area contributed by atoms with E-state index < -0.39 is 15.4 Å². The summed E-state index contributed by atoms with van der Waals surface area (Å²) < 4.78 is 27.7. The van der Waals surface area contributed by atoms with E-state index in [1.165, 1.54) is 12.1 Å². The Kier molecular flexibility index (Phi) is 5.23. The van der Waals surface area contributed by atoms with Gasteiger partial charge in [0.1, 0.15) is 0 Å². The molecule has 134 valence electrons. The highest BCUT2D eigenvalue weighted by molar-refractivity contribution is 7.92. The van der Waals surface area contributed by atoms with Gasteiger partial charge in [-0.15, -0.1) is 0 Å². The number of amides is 1. The fraction of sp³-hybridized carbons (Fsp3) is 0.316. The Hall–Kier alpha value is -2.34. The van der Waals surface area contributed by atoms with Crippen LogP contribution in [0, 0.1) is 19.3 Å². The lowest BCUT2D eigenvalue weighted by atomic mass is 9.95. The number of sulfonamides is 1. The molecule has 0 aromatic heterocycles. The van der Waals surface area contributed by atoms with E-state index in [0.29, 0.717) is 11.4 Å². The minimum atomic E-state index is -3.69. The summed E-state index contributed by atoms with van der Waals surface area (Å²) in [4.78, 5) is 12.1. The lowest BCUT2D eigenvalue weighted by molar-refractivity contribution is -0.123. The summed E-state index contributed by atoms with van der Waals surface area (Å²) >= 11 is 0. The van der Waals surface area contributed by atoms with E-state index in [1.54, 1.807) is 18.2 Å². The van der Waals surface area contributed by atoms with Crippen molar-refractivity contribution in [2.24, 2.45) is 5.41 Å². The van der Waals surface area contributed by atoms with E-state index in [1.807, 2.05) is 46.8 Å². The zero-order valence-electron chi connectivity index (χ0n) is 15.2. The van der Waals surface area contributed by atoms with Gasteiger partial charge in [0.2, 0.25) is 5.91 Å². The van der Waals surface area contributed by atoms with Crippen molar-refractivity contribution >= 4 is 27.3 Å².